The summed E-state index contributed by atoms with van der Waals surface area (Å²) in [5.41, 5.74) is -0.734. The van der Waals surface area contributed by atoms with Crippen LogP contribution in [0.3, 0.4) is 0 Å². The van der Waals surface area contributed by atoms with Gasteiger partial charge in [-0.25, -0.2) is 0 Å². The second-order valence-corrected chi connectivity index (χ2v) is 5.18. The van der Waals surface area contributed by atoms with Crippen molar-refractivity contribution in [3.63, 3.8) is 0 Å². The molecule has 2 unspecified atom stereocenters. The second-order valence-electron chi connectivity index (χ2n) is 5.18. The highest BCUT2D eigenvalue weighted by Gasteiger charge is 2.15. The van der Waals surface area contributed by atoms with E-state index in [9.17, 15) is 10.2 Å². The predicted octanol–water partition coefficient (Wildman–Crippen LogP) is 1.96. The van der Waals surface area contributed by atoms with E-state index < -0.39 is 11.7 Å². The molecule has 4 nitrogen and oxygen atoms in total. The molecule has 1 rings (SSSR count). The molecular weight excluding hydrogens is 220 g/mol. The van der Waals surface area contributed by atoms with Crippen LogP contribution in [-0.4, -0.2) is 34.8 Å². The van der Waals surface area contributed by atoms with Gasteiger partial charge in [-0.1, -0.05) is 0 Å². The number of ether oxygens (including phenoxy) is 2. The summed E-state index contributed by atoms with van der Waals surface area (Å²) in [5.74, 6) is 0. The van der Waals surface area contributed by atoms with Gasteiger partial charge < -0.3 is 19.7 Å². The maximum atomic E-state index is 9.62. The van der Waals surface area contributed by atoms with Crippen molar-refractivity contribution in [2.45, 2.75) is 63.9 Å². The van der Waals surface area contributed by atoms with Crippen molar-refractivity contribution < 1.29 is 19.7 Å². The lowest BCUT2D eigenvalue weighted by atomic mass is 10.0. The zero-order chi connectivity index (χ0) is 12.7. The smallest absolute Gasteiger partial charge is 0.198 e. The fourth-order valence-electron chi connectivity index (χ4n) is 1.64. The van der Waals surface area contributed by atoms with Gasteiger partial charge in [-0.2, -0.15) is 0 Å². The number of rotatable bonds is 6. The molecule has 1 heterocycles. The standard InChI is InChI=1S/C13H24O4/c1-13(2,15)8-6-11(14)7-10-17-12-5-3-4-9-16-12/h7,10-12,14-15H,3-6,8-9H2,1-2H3/b10-7+. The Balaban J connectivity index is 2.14. The molecule has 0 aromatic heterocycles. The average Bonchev–Trinajstić information content (AvgIpc) is 2.27. The Morgan fingerprint density at radius 3 is 2.82 bits per heavy atom. The van der Waals surface area contributed by atoms with Crippen molar-refractivity contribution >= 4 is 0 Å². The fraction of sp³-hybridized carbons (Fsp3) is 0.846. The molecular formula is C13H24O4. The van der Waals surface area contributed by atoms with E-state index in [2.05, 4.69) is 0 Å². The third-order valence-electron chi connectivity index (χ3n) is 2.72. The topological polar surface area (TPSA) is 58.9 Å². The maximum absolute atomic E-state index is 9.62. The molecule has 0 aliphatic carbocycles. The highest BCUT2D eigenvalue weighted by atomic mass is 16.7. The molecule has 0 aromatic carbocycles. The monoisotopic (exact) mass is 244 g/mol. The molecule has 0 bridgehead atoms. The van der Waals surface area contributed by atoms with E-state index in [1.165, 1.54) is 6.26 Å². The minimum absolute atomic E-state index is 0.165. The van der Waals surface area contributed by atoms with Crippen molar-refractivity contribution in [2.75, 3.05) is 6.61 Å². The van der Waals surface area contributed by atoms with Crippen molar-refractivity contribution in [3.8, 4) is 0 Å². The molecule has 0 amide bonds. The number of hydrogen-bond acceptors (Lipinski definition) is 4. The van der Waals surface area contributed by atoms with Crippen LogP contribution in [0.4, 0.5) is 0 Å². The Morgan fingerprint density at radius 1 is 1.47 bits per heavy atom. The van der Waals surface area contributed by atoms with Crippen molar-refractivity contribution in [2.24, 2.45) is 0 Å². The first kappa shape index (κ1) is 14.5. The summed E-state index contributed by atoms with van der Waals surface area (Å²) in [6.45, 7) is 4.21. The molecule has 100 valence electrons. The normalized spacial score (nSPS) is 23.9. The second kappa shape index (κ2) is 6.99. The van der Waals surface area contributed by atoms with Gasteiger partial charge in [-0.15, -0.1) is 0 Å². The molecule has 0 spiro atoms. The summed E-state index contributed by atoms with van der Waals surface area (Å²) >= 11 is 0. The molecule has 0 radical (unpaired) electrons. The molecule has 17 heavy (non-hydrogen) atoms. The predicted molar refractivity (Wildman–Crippen MR) is 65.4 cm³/mol. The van der Waals surface area contributed by atoms with Crippen LogP contribution < -0.4 is 0 Å². The Bertz CT molecular complexity index is 226. The van der Waals surface area contributed by atoms with Gasteiger partial charge in [-0.05, 0) is 45.6 Å². The number of hydrogen-bond donors (Lipinski definition) is 2. The van der Waals surface area contributed by atoms with Crippen LogP contribution in [0.25, 0.3) is 0 Å². The van der Waals surface area contributed by atoms with E-state index in [-0.39, 0.29) is 6.29 Å². The van der Waals surface area contributed by atoms with E-state index in [1.807, 2.05) is 0 Å². The largest absolute Gasteiger partial charge is 0.473 e. The number of aliphatic hydroxyl groups excluding tert-OH is 1. The third-order valence-corrected chi connectivity index (χ3v) is 2.72. The van der Waals surface area contributed by atoms with Crippen LogP contribution in [0, 0.1) is 0 Å². The molecule has 2 atom stereocenters. The molecule has 1 aliphatic rings. The summed E-state index contributed by atoms with van der Waals surface area (Å²) in [6.07, 6.45) is 6.57. The number of aliphatic hydroxyl groups is 2. The minimum Gasteiger partial charge on any atom is -0.473 e. The summed E-state index contributed by atoms with van der Waals surface area (Å²) in [4.78, 5) is 0. The average molecular weight is 244 g/mol. The van der Waals surface area contributed by atoms with Crippen molar-refractivity contribution in [3.05, 3.63) is 12.3 Å². The van der Waals surface area contributed by atoms with Gasteiger partial charge >= 0.3 is 0 Å². The van der Waals surface area contributed by atoms with Gasteiger partial charge in [0.1, 0.15) is 0 Å². The molecule has 0 aromatic rings. The van der Waals surface area contributed by atoms with Gasteiger partial charge in [0, 0.05) is 6.42 Å². The first-order valence-corrected chi connectivity index (χ1v) is 6.31. The Morgan fingerprint density at radius 2 is 2.24 bits per heavy atom. The highest BCUT2D eigenvalue weighted by Crippen LogP contribution is 2.15. The Hall–Kier alpha value is -0.580. The van der Waals surface area contributed by atoms with Crippen LogP contribution in [0.15, 0.2) is 12.3 Å². The first-order valence-electron chi connectivity index (χ1n) is 6.31. The Labute approximate surface area is 103 Å². The first-order chi connectivity index (χ1) is 7.97. The van der Waals surface area contributed by atoms with Crippen LogP contribution in [0.2, 0.25) is 0 Å². The summed E-state index contributed by atoms with van der Waals surface area (Å²) in [7, 11) is 0. The van der Waals surface area contributed by atoms with Crippen molar-refractivity contribution in [1.82, 2.24) is 0 Å². The van der Waals surface area contributed by atoms with Crippen LogP contribution >= 0.6 is 0 Å². The van der Waals surface area contributed by atoms with E-state index in [4.69, 9.17) is 9.47 Å². The summed E-state index contributed by atoms with van der Waals surface area (Å²) in [5, 5.41) is 19.1. The molecule has 1 saturated heterocycles. The molecule has 4 heteroatoms. The molecule has 0 saturated carbocycles. The molecule has 2 N–H and O–H groups in total. The minimum atomic E-state index is -0.734. The summed E-state index contributed by atoms with van der Waals surface area (Å²) < 4.78 is 10.7. The van der Waals surface area contributed by atoms with Gasteiger partial charge in [0.2, 0.25) is 0 Å². The lowest BCUT2D eigenvalue weighted by Gasteiger charge is -2.22. The van der Waals surface area contributed by atoms with E-state index in [1.54, 1.807) is 19.9 Å². The SMILES string of the molecule is CC(C)(O)CCC(O)/C=C/OC1CCCCO1. The fourth-order valence-corrected chi connectivity index (χ4v) is 1.64. The highest BCUT2D eigenvalue weighted by molar-refractivity contribution is 4.84. The van der Waals surface area contributed by atoms with E-state index in [0.717, 1.165) is 25.9 Å². The molecule has 1 aliphatic heterocycles. The van der Waals surface area contributed by atoms with Gasteiger partial charge in [0.05, 0.1) is 24.6 Å². The van der Waals surface area contributed by atoms with E-state index in [0.29, 0.717) is 12.8 Å². The van der Waals surface area contributed by atoms with Crippen LogP contribution in [-0.2, 0) is 9.47 Å². The lowest BCUT2D eigenvalue weighted by molar-refractivity contribution is -0.130. The zero-order valence-electron chi connectivity index (χ0n) is 10.8. The van der Waals surface area contributed by atoms with E-state index >= 15 is 0 Å². The summed E-state index contributed by atoms with van der Waals surface area (Å²) in [6, 6.07) is 0. The lowest BCUT2D eigenvalue weighted by Crippen LogP contribution is -2.21. The zero-order valence-corrected chi connectivity index (χ0v) is 10.8. The van der Waals surface area contributed by atoms with Crippen molar-refractivity contribution in [1.29, 1.82) is 0 Å². The quantitative estimate of drug-likeness (QED) is 0.701. The third kappa shape index (κ3) is 7.36. The van der Waals surface area contributed by atoms with Gasteiger partial charge in [0.15, 0.2) is 6.29 Å². The van der Waals surface area contributed by atoms with Gasteiger partial charge in [-0.3, -0.25) is 0 Å². The van der Waals surface area contributed by atoms with Crippen LogP contribution in [0.5, 0.6) is 0 Å². The maximum Gasteiger partial charge on any atom is 0.198 e. The Kier molecular flexibility index (Phi) is 5.95. The van der Waals surface area contributed by atoms with Gasteiger partial charge in [0.25, 0.3) is 0 Å². The molecule has 1 fully saturated rings. The van der Waals surface area contributed by atoms with Crippen LogP contribution in [0.1, 0.15) is 46.0 Å².